The second-order valence-electron chi connectivity index (χ2n) is 1.05. The number of halogens is 1. The van der Waals surface area contributed by atoms with Crippen molar-refractivity contribution in [1.82, 2.24) is 0 Å². The maximum atomic E-state index is 8.22. The van der Waals surface area contributed by atoms with E-state index in [1.807, 2.05) is 0 Å². The molecule has 0 saturated heterocycles. The van der Waals surface area contributed by atoms with Gasteiger partial charge in [-0.05, 0) is 0 Å². The molecule has 0 aliphatic carbocycles. The van der Waals surface area contributed by atoms with Crippen LogP contribution in [0.1, 0.15) is 0 Å². The van der Waals surface area contributed by atoms with E-state index in [1.165, 1.54) is 0 Å². The molecule has 0 aromatic heterocycles. The van der Waals surface area contributed by atoms with Gasteiger partial charge >= 0.3 is 63.9 Å². The van der Waals surface area contributed by atoms with Crippen LogP contribution in [0.3, 0.4) is 0 Å². The summed E-state index contributed by atoms with van der Waals surface area (Å²) in [4.78, 5) is 0. The first-order valence-corrected chi connectivity index (χ1v) is 6.01. The van der Waals surface area contributed by atoms with Gasteiger partial charge in [0.25, 0.3) is 0 Å². The molecule has 0 bridgehead atoms. The Morgan fingerprint density at radius 1 is 2.00 bits per heavy atom. The number of rotatable bonds is 2. The molecule has 1 unspecified atom stereocenters. The van der Waals surface area contributed by atoms with Gasteiger partial charge in [-0.2, -0.15) is 0 Å². The molecule has 3 heteroatoms. The van der Waals surface area contributed by atoms with E-state index in [4.69, 9.17) is 5.26 Å². The molecule has 0 aromatic rings. The zero-order chi connectivity index (χ0) is 5.70. The number of hydrogen-bond acceptors (Lipinski definition) is 1. The average Bonchev–Trinajstić information content (AvgIpc) is 1.68. The number of alkyl halides is 1. The van der Waals surface area contributed by atoms with E-state index in [0.717, 1.165) is 5.32 Å². The van der Waals surface area contributed by atoms with Crippen molar-refractivity contribution in [3.05, 3.63) is 0 Å². The second kappa shape index (κ2) is 4.89. The standard InChI is InChI=1S/C4H6INSe/c1-7-3-4(5)2-6/h4H,3H2,1H3. The first-order valence-electron chi connectivity index (χ1n) is 1.84. The van der Waals surface area contributed by atoms with Gasteiger partial charge < -0.3 is 0 Å². The number of nitriles is 1. The average molecular weight is 274 g/mol. The molecular weight excluding hydrogens is 268 g/mol. The predicted octanol–water partition coefficient (Wildman–Crippen LogP) is 1.48. The Labute approximate surface area is 63.8 Å². The Kier molecular flexibility index (Phi) is 5.40. The molecule has 0 heterocycles. The quantitative estimate of drug-likeness (QED) is 0.425. The van der Waals surface area contributed by atoms with Gasteiger partial charge in [0.1, 0.15) is 0 Å². The molecule has 0 aliphatic rings. The van der Waals surface area contributed by atoms with Crippen molar-refractivity contribution >= 4 is 37.5 Å². The molecular formula is C4H6INSe. The van der Waals surface area contributed by atoms with E-state index < -0.39 is 0 Å². The second-order valence-corrected chi connectivity index (χ2v) is 4.47. The van der Waals surface area contributed by atoms with E-state index in [2.05, 4.69) is 34.5 Å². The van der Waals surface area contributed by atoms with Gasteiger partial charge in [-0.3, -0.25) is 0 Å². The first-order chi connectivity index (χ1) is 3.31. The predicted molar refractivity (Wildman–Crippen MR) is 39.8 cm³/mol. The van der Waals surface area contributed by atoms with Gasteiger partial charge in [0.15, 0.2) is 0 Å². The van der Waals surface area contributed by atoms with Crippen LogP contribution in [0.5, 0.6) is 0 Å². The third kappa shape index (κ3) is 4.60. The van der Waals surface area contributed by atoms with E-state index in [9.17, 15) is 0 Å². The van der Waals surface area contributed by atoms with Crippen molar-refractivity contribution < 1.29 is 0 Å². The van der Waals surface area contributed by atoms with Crippen LogP contribution in [-0.4, -0.2) is 18.9 Å². The summed E-state index contributed by atoms with van der Waals surface area (Å²) in [6, 6.07) is 2.17. The van der Waals surface area contributed by atoms with Crippen LogP contribution in [0.25, 0.3) is 0 Å². The van der Waals surface area contributed by atoms with E-state index in [0.29, 0.717) is 15.0 Å². The molecule has 0 aliphatic heterocycles. The molecule has 40 valence electrons. The molecule has 1 atom stereocenters. The van der Waals surface area contributed by atoms with Gasteiger partial charge in [-0.25, -0.2) is 0 Å². The minimum atomic E-state index is 0.252. The summed E-state index contributed by atoms with van der Waals surface area (Å²) in [5.41, 5.74) is 0. The summed E-state index contributed by atoms with van der Waals surface area (Å²) in [5.74, 6) is 2.15. The van der Waals surface area contributed by atoms with Crippen molar-refractivity contribution in [2.75, 3.05) is 0 Å². The summed E-state index contributed by atoms with van der Waals surface area (Å²) in [6.07, 6.45) is 0. The maximum absolute atomic E-state index is 8.22. The topological polar surface area (TPSA) is 23.8 Å². The Bertz CT molecular complexity index is 78.2. The summed E-state index contributed by atoms with van der Waals surface area (Å²) in [6.45, 7) is 0. The summed E-state index contributed by atoms with van der Waals surface area (Å²) >= 11 is 2.83. The molecule has 0 radical (unpaired) electrons. The molecule has 0 saturated carbocycles. The first kappa shape index (κ1) is 7.74. The third-order valence-corrected chi connectivity index (χ3v) is 3.91. The van der Waals surface area contributed by atoms with Gasteiger partial charge in [0, 0.05) is 0 Å². The fraction of sp³-hybridized carbons (Fsp3) is 0.750. The van der Waals surface area contributed by atoms with Gasteiger partial charge in [-0.15, -0.1) is 0 Å². The van der Waals surface area contributed by atoms with Crippen molar-refractivity contribution in [2.45, 2.75) is 15.1 Å². The van der Waals surface area contributed by atoms with E-state index >= 15 is 0 Å². The van der Waals surface area contributed by atoms with Crippen LogP contribution >= 0.6 is 22.6 Å². The Morgan fingerprint density at radius 2 is 2.57 bits per heavy atom. The van der Waals surface area contributed by atoms with Crippen LogP contribution in [0.2, 0.25) is 11.1 Å². The van der Waals surface area contributed by atoms with Crippen LogP contribution in [-0.2, 0) is 0 Å². The number of nitrogens with zero attached hydrogens (tertiary/aromatic N) is 1. The summed E-state index contributed by atoms with van der Waals surface area (Å²) < 4.78 is 0.252. The van der Waals surface area contributed by atoms with Crippen LogP contribution in [0.15, 0.2) is 0 Å². The molecule has 1 nitrogen and oxygen atoms in total. The van der Waals surface area contributed by atoms with Crippen molar-refractivity contribution in [1.29, 1.82) is 5.26 Å². The molecule has 0 N–H and O–H groups in total. The third-order valence-electron chi connectivity index (χ3n) is 0.453. The Morgan fingerprint density at radius 3 is 2.71 bits per heavy atom. The molecule has 0 fully saturated rings. The minimum absolute atomic E-state index is 0.252. The van der Waals surface area contributed by atoms with Gasteiger partial charge in [0.05, 0.1) is 0 Å². The van der Waals surface area contributed by atoms with Crippen molar-refractivity contribution in [3.63, 3.8) is 0 Å². The Balaban J connectivity index is 3.04. The van der Waals surface area contributed by atoms with E-state index in [-0.39, 0.29) is 3.92 Å². The Hall–Kier alpha value is 0.739. The van der Waals surface area contributed by atoms with Crippen LogP contribution < -0.4 is 0 Å². The SMILES string of the molecule is C[Se]CC(I)C#N. The molecule has 0 amide bonds. The summed E-state index contributed by atoms with van der Waals surface area (Å²) in [7, 11) is 0. The molecule has 0 spiro atoms. The monoisotopic (exact) mass is 275 g/mol. The molecule has 0 rings (SSSR count). The van der Waals surface area contributed by atoms with Gasteiger partial charge in [0.2, 0.25) is 0 Å². The zero-order valence-electron chi connectivity index (χ0n) is 4.02. The van der Waals surface area contributed by atoms with Crippen LogP contribution in [0, 0.1) is 11.3 Å². The fourth-order valence-electron chi connectivity index (χ4n) is 0.184. The molecule has 0 aromatic carbocycles. The number of hydrogen-bond donors (Lipinski definition) is 0. The van der Waals surface area contributed by atoms with Crippen LogP contribution in [0.4, 0.5) is 0 Å². The molecule has 7 heavy (non-hydrogen) atoms. The van der Waals surface area contributed by atoms with Crippen molar-refractivity contribution in [3.8, 4) is 6.07 Å². The van der Waals surface area contributed by atoms with Crippen molar-refractivity contribution in [2.24, 2.45) is 0 Å². The zero-order valence-corrected chi connectivity index (χ0v) is 7.89. The fourth-order valence-corrected chi connectivity index (χ4v) is 2.82. The van der Waals surface area contributed by atoms with Gasteiger partial charge in [-0.1, -0.05) is 0 Å². The summed E-state index contributed by atoms with van der Waals surface area (Å²) in [5, 5.41) is 9.31. The normalized spacial score (nSPS) is 12.7. The van der Waals surface area contributed by atoms with E-state index in [1.54, 1.807) is 0 Å².